The van der Waals surface area contributed by atoms with Crippen molar-refractivity contribution in [2.75, 3.05) is 11.9 Å². The van der Waals surface area contributed by atoms with Crippen LogP contribution in [0.25, 0.3) is 10.4 Å². The number of thiophene rings is 1. The fraction of sp³-hybridized carbons (Fsp3) is 0.333. The highest BCUT2D eigenvalue weighted by Crippen LogP contribution is 2.23. The molecule has 2 rings (SSSR count). The summed E-state index contributed by atoms with van der Waals surface area (Å²) in [6, 6.07) is 4.07. The Balaban J connectivity index is 2.14. The number of hydrogen-bond acceptors (Lipinski definition) is 5. The van der Waals surface area contributed by atoms with Crippen molar-refractivity contribution in [2.24, 2.45) is 5.73 Å². The van der Waals surface area contributed by atoms with Crippen molar-refractivity contribution < 1.29 is 0 Å². The maximum absolute atomic E-state index is 5.64. The first-order chi connectivity index (χ1) is 8.11. The maximum Gasteiger partial charge on any atom is 0.223 e. The van der Waals surface area contributed by atoms with Gasteiger partial charge in [-0.2, -0.15) is 0 Å². The van der Waals surface area contributed by atoms with E-state index in [4.69, 9.17) is 5.73 Å². The minimum absolute atomic E-state index is 0.190. The normalized spacial score (nSPS) is 11.5. The number of nitrogens with two attached hydrogens (primary N) is 1. The smallest absolute Gasteiger partial charge is 0.223 e. The Kier molecular flexibility index (Phi) is 3.40. The molecule has 0 saturated heterocycles. The first-order valence-corrected chi connectivity index (χ1v) is 6.33. The second-order valence-electron chi connectivity index (χ2n) is 4.49. The van der Waals surface area contributed by atoms with Gasteiger partial charge in [0.25, 0.3) is 0 Å². The second kappa shape index (κ2) is 4.81. The van der Waals surface area contributed by atoms with Crippen LogP contribution in [0, 0.1) is 0 Å². The van der Waals surface area contributed by atoms with E-state index >= 15 is 0 Å². The van der Waals surface area contributed by atoms with Crippen LogP contribution >= 0.6 is 11.3 Å². The average molecular weight is 248 g/mol. The quantitative estimate of drug-likeness (QED) is 0.871. The number of nitrogens with zero attached hydrogens (tertiary/aromatic N) is 2. The third-order valence-corrected chi connectivity index (χ3v) is 3.34. The SMILES string of the molecule is CC(C)(CN)Nc1ncc(-c2cccs2)cn1. The lowest BCUT2D eigenvalue weighted by molar-refractivity contribution is 0.574. The first kappa shape index (κ1) is 12.0. The highest BCUT2D eigenvalue weighted by molar-refractivity contribution is 7.13. The molecule has 0 bridgehead atoms. The first-order valence-electron chi connectivity index (χ1n) is 5.45. The Morgan fingerprint density at radius 2 is 2.06 bits per heavy atom. The van der Waals surface area contributed by atoms with E-state index in [0.717, 1.165) is 5.56 Å². The van der Waals surface area contributed by atoms with Crippen LogP contribution in [0.2, 0.25) is 0 Å². The number of hydrogen-bond donors (Lipinski definition) is 2. The predicted octanol–water partition coefficient (Wildman–Crippen LogP) is 2.35. The molecule has 0 atom stereocenters. The number of aromatic nitrogens is 2. The van der Waals surface area contributed by atoms with E-state index in [1.54, 1.807) is 11.3 Å². The van der Waals surface area contributed by atoms with Crippen molar-refractivity contribution in [1.29, 1.82) is 0 Å². The highest BCUT2D eigenvalue weighted by atomic mass is 32.1. The van der Waals surface area contributed by atoms with E-state index in [9.17, 15) is 0 Å². The molecule has 0 fully saturated rings. The number of anilines is 1. The zero-order chi connectivity index (χ0) is 12.3. The minimum Gasteiger partial charge on any atom is -0.348 e. The summed E-state index contributed by atoms with van der Waals surface area (Å²) in [5.41, 5.74) is 6.49. The van der Waals surface area contributed by atoms with Gasteiger partial charge in [-0.05, 0) is 25.3 Å². The van der Waals surface area contributed by atoms with Crippen LogP contribution in [0.5, 0.6) is 0 Å². The van der Waals surface area contributed by atoms with Crippen LogP contribution in [-0.4, -0.2) is 22.1 Å². The van der Waals surface area contributed by atoms with E-state index in [2.05, 4.69) is 21.4 Å². The third kappa shape index (κ3) is 3.01. The van der Waals surface area contributed by atoms with Gasteiger partial charge in [0, 0.05) is 34.9 Å². The summed E-state index contributed by atoms with van der Waals surface area (Å²) in [7, 11) is 0. The largest absolute Gasteiger partial charge is 0.348 e. The molecule has 0 aliphatic rings. The van der Waals surface area contributed by atoms with E-state index in [0.29, 0.717) is 12.5 Å². The van der Waals surface area contributed by atoms with Gasteiger partial charge in [-0.3, -0.25) is 0 Å². The van der Waals surface area contributed by atoms with Crippen LogP contribution in [0.3, 0.4) is 0 Å². The molecule has 0 amide bonds. The maximum atomic E-state index is 5.64. The zero-order valence-corrected chi connectivity index (χ0v) is 10.8. The van der Waals surface area contributed by atoms with Gasteiger partial charge >= 0.3 is 0 Å². The van der Waals surface area contributed by atoms with E-state index in [1.165, 1.54) is 4.88 Å². The lowest BCUT2D eigenvalue weighted by Gasteiger charge is -2.23. The van der Waals surface area contributed by atoms with Crippen LogP contribution in [0.4, 0.5) is 5.95 Å². The molecule has 2 aromatic rings. The summed E-state index contributed by atoms with van der Waals surface area (Å²) < 4.78 is 0. The molecule has 5 heteroatoms. The molecule has 0 aliphatic heterocycles. The summed E-state index contributed by atoms with van der Waals surface area (Å²) in [5, 5.41) is 5.24. The van der Waals surface area contributed by atoms with Crippen molar-refractivity contribution >= 4 is 17.3 Å². The fourth-order valence-corrected chi connectivity index (χ4v) is 2.02. The Morgan fingerprint density at radius 3 is 2.59 bits per heavy atom. The highest BCUT2D eigenvalue weighted by Gasteiger charge is 2.15. The van der Waals surface area contributed by atoms with Crippen LogP contribution < -0.4 is 11.1 Å². The Bertz CT molecular complexity index is 462. The Morgan fingerprint density at radius 1 is 1.35 bits per heavy atom. The lowest BCUT2D eigenvalue weighted by Crippen LogP contribution is -2.39. The Labute approximate surface area is 105 Å². The monoisotopic (exact) mass is 248 g/mol. The average Bonchev–Trinajstić information content (AvgIpc) is 2.83. The second-order valence-corrected chi connectivity index (χ2v) is 5.43. The number of rotatable bonds is 4. The van der Waals surface area contributed by atoms with Gasteiger partial charge < -0.3 is 11.1 Å². The van der Waals surface area contributed by atoms with Crippen molar-refractivity contribution in [3.8, 4) is 10.4 Å². The van der Waals surface area contributed by atoms with Crippen molar-refractivity contribution in [1.82, 2.24) is 9.97 Å². The molecule has 0 spiro atoms. The summed E-state index contributed by atoms with van der Waals surface area (Å²) in [5.74, 6) is 0.612. The molecular formula is C12H16N4S. The minimum atomic E-state index is -0.190. The summed E-state index contributed by atoms with van der Waals surface area (Å²) in [4.78, 5) is 9.77. The summed E-state index contributed by atoms with van der Waals surface area (Å²) in [6.45, 7) is 4.57. The van der Waals surface area contributed by atoms with Gasteiger partial charge in [0.2, 0.25) is 5.95 Å². The molecule has 0 aromatic carbocycles. The lowest BCUT2D eigenvalue weighted by atomic mass is 10.1. The topological polar surface area (TPSA) is 63.8 Å². The predicted molar refractivity (Wildman–Crippen MR) is 72.1 cm³/mol. The zero-order valence-electron chi connectivity index (χ0n) is 9.97. The van der Waals surface area contributed by atoms with Crippen LogP contribution in [0.1, 0.15) is 13.8 Å². The van der Waals surface area contributed by atoms with Crippen molar-refractivity contribution in [3.63, 3.8) is 0 Å². The number of nitrogens with one attached hydrogen (secondary N) is 1. The van der Waals surface area contributed by atoms with Gasteiger partial charge in [-0.15, -0.1) is 11.3 Å². The summed E-state index contributed by atoms with van der Waals surface area (Å²) in [6.07, 6.45) is 3.65. The molecular weight excluding hydrogens is 232 g/mol. The molecule has 2 aromatic heterocycles. The van der Waals surface area contributed by atoms with Crippen LogP contribution in [-0.2, 0) is 0 Å². The summed E-state index contributed by atoms with van der Waals surface area (Å²) >= 11 is 1.68. The molecule has 4 nitrogen and oxygen atoms in total. The molecule has 3 N–H and O–H groups in total. The van der Waals surface area contributed by atoms with Crippen molar-refractivity contribution in [3.05, 3.63) is 29.9 Å². The standard InChI is InChI=1S/C12H16N4S/c1-12(2,8-13)16-11-14-6-9(7-15-11)10-4-3-5-17-10/h3-7H,8,13H2,1-2H3,(H,14,15,16). The molecule has 17 heavy (non-hydrogen) atoms. The van der Waals surface area contributed by atoms with Gasteiger partial charge in [0.15, 0.2) is 0 Å². The molecule has 2 heterocycles. The third-order valence-electron chi connectivity index (χ3n) is 2.42. The van der Waals surface area contributed by atoms with Gasteiger partial charge in [-0.25, -0.2) is 9.97 Å². The fourth-order valence-electron chi connectivity index (χ4n) is 1.32. The van der Waals surface area contributed by atoms with E-state index in [-0.39, 0.29) is 5.54 Å². The molecule has 0 aliphatic carbocycles. The molecule has 0 radical (unpaired) electrons. The van der Waals surface area contributed by atoms with E-state index < -0.39 is 0 Å². The van der Waals surface area contributed by atoms with Gasteiger partial charge in [-0.1, -0.05) is 6.07 Å². The van der Waals surface area contributed by atoms with Gasteiger partial charge in [0.05, 0.1) is 0 Å². The molecule has 0 unspecified atom stereocenters. The molecule has 90 valence electrons. The Hall–Kier alpha value is -1.46. The molecule has 0 saturated carbocycles. The van der Waals surface area contributed by atoms with E-state index in [1.807, 2.05) is 37.7 Å². The van der Waals surface area contributed by atoms with Gasteiger partial charge in [0.1, 0.15) is 0 Å². The van der Waals surface area contributed by atoms with Crippen LogP contribution in [0.15, 0.2) is 29.9 Å². The van der Waals surface area contributed by atoms with Crippen molar-refractivity contribution in [2.45, 2.75) is 19.4 Å².